The molecule has 6 N–H and O–H groups in total. The number of hydrogen-bond donors (Lipinski definition) is 6. The standard InChI is InChI=1S/C52H47N7O6/c1-64-46-26-32(21-22-45(46)60)48-49-38(37-16-7-10-19-41(37)56-49)27-47(58-48)55-42(24-33-28-53-39-17-8-5-14-35(33)39)50(61)57-43(25-34-29-54-40-18-9-6-15-36(34)40)51(62)59-23-11-20-44(59)52(63)65-30-31-12-3-2-4-13-31/h2-10,12-19,21-22,26-29,42-44,53-54,56,60H,11,20,23-25,30H2,1H3,(H,55,58)(H,57,61)/t42-,43-,44-/m0/s1. The second-order valence-corrected chi connectivity index (χ2v) is 16.5. The summed E-state index contributed by atoms with van der Waals surface area (Å²) in [6, 6.07) is 37.4. The molecule has 65 heavy (non-hydrogen) atoms. The van der Waals surface area contributed by atoms with Gasteiger partial charge in [0.25, 0.3) is 0 Å². The van der Waals surface area contributed by atoms with Gasteiger partial charge >= 0.3 is 5.97 Å². The third kappa shape index (κ3) is 8.19. The molecular weight excluding hydrogens is 819 g/mol. The number of anilines is 1. The summed E-state index contributed by atoms with van der Waals surface area (Å²) in [5.74, 6) is -0.560. The molecule has 3 atom stereocenters. The van der Waals surface area contributed by atoms with Gasteiger partial charge in [0.2, 0.25) is 11.8 Å². The molecule has 2 amide bonds. The predicted octanol–water partition coefficient (Wildman–Crippen LogP) is 8.55. The van der Waals surface area contributed by atoms with Gasteiger partial charge in [-0.25, -0.2) is 9.78 Å². The molecule has 10 rings (SSSR count). The Morgan fingerprint density at radius 1 is 0.769 bits per heavy atom. The largest absolute Gasteiger partial charge is 0.504 e. The number of amides is 2. The molecule has 1 aliphatic heterocycles. The molecule has 0 unspecified atom stereocenters. The number of carbonyl (C=O) groups excluding carboxylic acids is 3. The summed E-state index contributed by atoms with van der Waals surface area (Å²) in [4.78, 5) is 60.7. The highest BCUT2D eigenvalue weighted by Gasteiger charge is 2.39. The van der Waals surface area contributed by atoms with E-state index in [4.69, 9.17) is 14.5 Å². The fourth-order valence-corrected chi connectivity index (χ4v) is 9.16. The van der Waals surface area contributed by atoms with Crippen LogP contribution in [0.3, 0.4) is 0 Å². The van der Waals surface area contributed by atoms with E-state index >= 15 is 4.79 Å². The number of rotatable bonds is 14. The molecule has 5 heterocycles. The van der Waals surface area contributed by atoms with Crippen LogP contribution in [0.2, 0.25) is 0 Å². The van der Waals surface area contributed by atoms with E-state index in [0.29, 0.717) is 42.2 Å². The zero-order chi connectivity index (χ0) is 44.4. The number of likely N-dealkylation sites (tertiary alicyclic amines) is 1. The average molecular weight is 866 g/mol. The van der Waals surface area contributed by atoms with Crippen molar-refractivity contribution in [3.8, 4) is 22.8 Å². The Balaban J connectivity index is 1.02. The van der Waals surface area contributed by atoms with Crippen LogP contribution < -0.4 is 15.4 Å². The third-order valence-electron chi connectivity index (χ3n) is 12.4. The van der Waals surface area contributed by atoms with Crippen LogP contribution in [0.1, 0.15) is 29.5 Å². The van der Waals surface area contributed by atoms with Crippen molar-refractivity contribution in [1.82, 2.24) is 30.2 Å². The number of carbonyl (C=O) groups is 3. The van der Waals surface area contributed by atoms with E-state index < -0.39 is 30.0 Å². The van der Waals surface area contributed by atoms with Gasteiger partial charge in [0, 0.05) is 75.4 Å². The summed E-state index contributed by atoms with van der Waals surface area (Å²) >= 11 is 0. The van der Waals surface area contributed by atoms with E-state index in [1.807, 2.05) is 122 Å². The van der Waals surface area contributed by atoms with Crippen molar-refractivity contribution in [2.45, 2.75) is 50.4 Å². The van der Waals surface area contributed by atoms with Crippen molar-refractivity contribution in [3.63, 3.8) is 0 Å². The minimum Gasteiger partial charge on any atom is -0.504 e. The highest BCUT2D eigenvalue weighted by Crippen LogP contribution is 2.38. The van der Waals surface area contributed by atoms with Gasteiger partial charge < -0.3 is 45.1 Å². The van der Waals surface area contributed by atoms with Gasteiger partial charge in [0.15, 0.2) is 11.5 Å². The average Bonchev–Trinajstić information content (AvgIpc) is 4.16. The molecule has 1 saturated heterocycles. The zero-order valence-electron chi connectivity index (χ0n) is 35.6. The lowest BCUT2D eigenvalue weighted by Gasteiger charge is -2.29. The Kier molecular flexibility index (Phi) is 11.1. The van der Waals surface area contributed by atoms with Crippen LogP contribution in [0.25, 0.3) is 54.9 Å². The number of aromatic nitrogens is 4. The molecule has 0 spiro atoms. The van der Waals surface area contributed by atoms with Gasteiger partial charge in [-0.05, 0) is 72.0 Å². The number of aromatic hydroxyl groups is 1. The molecule has 1 fully saturated rings. The number of fused-ring (bicyclic) bond motifs is 5. The molecule has 13 heteroatoms. The molecule has 4 aromatic heterocycles. The first-order chi connectivity index (χ1) is 31.8. The van der Waals surface area contributed by atoms with E-state index in [1.54, 1.807) is 23.1 Å². The lowest BCUT2D eigenvalue weighted by Crippen LogP contribution is -2.55. The van der Waals surface area contributed by atoms with Crippen LogP contribution in [-0.4, -0.2) is 79.5 Å². The highest BCUT2D eigenvalue weighted by atomic mass is 16.5. The second-order valence-electron chi connectivity index (χ2n) is 16.5. The van der Waals surface area contributed by atoms with Gasteiger partial charge in [-0.2, -0.15) is 0 Å². The molecular formula is C52H47N7O6. The minimum atomic E-state index is -1.04. The molecule has 5 aromatic carbocycles. The summed E-state index contributed by atoms with van der Waals surface area (Å²) in [6.07, 6.45) is 5.25. The second kappa shape index (κ2) is 17.6. The Bertz CT molecular complexity index is 3210. The van der Waals surface area contributed by atoms with Crippen molar-refractivity contribution in [1.29, 1.82) is 0 Å². The van der Waals surface area contributed by atoms with Crippen molar-refractivity contribution in [3.05, 3.63) is 156 Å². The van der Waals surface area contributed by atoms with Gasteiger partial charge in [-0.1, -0.05) is 84.9 Å². The number of phenols is 1. The number of nitrogens with zero attached hydrogens (tertiary/aromatic N) is 2. The molecule has 0 bridgehead atoms. The number of nitrogens with one attached hydrogen (secondary N) is 5. The van der Waals surface area contributed by atoms with Crippen LogP contribution in [0.4, 0.5) is 5.82 Å². The number of pyridine rings is 1. The summed E-state index contributed by atoms with van der Waals surface area (Å²) in [5, 5.41) is 20.9. The highest BCUT2D eigenvalue weighted by molar-refractivity contribution is 6.12. The predicted molar refractivity (Wildman–Crippen MR) is 252 cm³/mol. The fourth-order valence-electron chi connectivity index (χ4n) is 9.16. The Morgan fingerprint density at radius 2 is 1.42 bits per heavy atom. The number of benzene rings is 5. The third-order valence-corrected chi connectivity index (χ3v) is 12.4. The Labute approximate surface area is 373 Å². The maximum absolute atomic E-state index is 15.2. The van der Waals surface area contributed by atoms with Crippen LogP contribution in [-0.2, 0) is 38.6 Å². The summed E-state index contributed by atoms with van der Waals surface area (Å²) in [5.41, 5.74) is 7.37. The van der Waals surface area contributed by atoms with Crippen molar-refractivity contribution < 1.29 is 29.0 Å². The molecule has 0 radical (unpaired) electrons. The lowest BCUT2D eigenvalue weighted by molar-refractivity contribution is -0.155. The monoisotopic (exact) mass is 865 g/mol. The number of aromatic amines is 3. The first-order valence-corrected chi connectivity index (χ1v) is 21.8. The number of H-pyrrole nitrogens is 3. The van der Waals surface area contributed by atoms with Crippen LogP contribution in [0.15, 0.2) is 140 Å². The maximum Gasteiger partial charge on any atom is 0.329 e. The fraction of sp³-hybridized carbons (Fsp3) is 0.192. The van der Waals surface area contributed by atoms with E-state index in [0.717, 1.165) is 60.3 Å². The number of ether oxygens (including phenoxy) is 2. The quantitative estimate of drug-likeness (QED) is 0.0589. The number of esters is 1. The number of methoxy groups -OCH3 is 1. The molecule has 0 saturated carbocycles. The SMILES string of the molecule is COc1cc(-c2nc(N[C@@H](Cc3c[nH]c4ccccc34)C(=O)N[C@@H](Cc3c[nH]c4ccccc34)C(=O)N3CCC[C@H]3C(=O)OCc3ccccc3)cc3c2[nH]c2ccccc23)ccc1O. The van der Waals surface area contributed by atoms with Crippen molar-refractivity contribution in [2.75, 3.05) is 19.0 Å². The van der Waals surface area contributed by atoms with Crippen molar-refractivity contribution >= 4 is 67.2 Å². The van der Waals surface area contributed by atoms with Gasteiger partial charge in [-0.15, -0.1) is 0 Å². The van der Waals surface area contributed by atoms with Gasteiger partial charge in [-0.3, -0.25) is 9.59 Å². The summed E-state index contributed by atoms with van der Waals surface area (Å²) in [7, 11) is 1.49. The number of phenolic OH excluding ortho intramolecular Hbond substituents is 1. The zero-order valence-corrected chi connectivity index (χ0v) is 35.6. The number of para-hydroxylation sites is 3. The normalized spacial score (nSPS) is 14.8. The van der Waals surface area contributed by atoms with E-state index in [2.05, 4.69) is 25.6 Å². The summed E-state index contributed by atoms with van der Waals surface area (Å²) in [6.45, 7) is 0.440. The van der Waals surface area contributed by atoms with Crippen LogP contribution in [0.5, 0.6) is 11.5 Å². The van der Waals surface area contributed by atoms with Crippen molar-refractivity contribution in [2.24, 2.45) is 0 Å². The lowest BCUT2D eigenvalue weighted by atomic mass is 10.0. The van der Waals surface area contributed by atoms with E-state index in [9.17, 15) is 14.7 Å². The molecule has 9 aromatic rings. The molecule has 326 valence electrons. The smallest absolute Gasteiger partial charge is 0.329 e. The number of hydrogen-bond acceptors (Lipinski definition) is 8. The first-order valence-electron chi connectivity index (χ1n) is 21.8. The van der Waals surface area contributed by atoms with E-state index in [1.165, 1.54) is 7.11 Å². The van der Waals surface area contributed by atoms with Gasteiger partial charge in [0.1, 0.15) is 30.6 Å². The van der Waals surface area contributed by atoms with E-state index in [-0.39, 0.29) is 31.1 Å². The Hall–Kier alpha value is -8.06. The summed E-state index contributed by atoms with van der Waals surface area (Å²) < 4.78 is 11.2. The maximum atomic E-state index is 15.2. The van der Waals surface area contributed by atoms with Crippen LogP contribution >= 0.6 is 0 Å². The van der Waals surface area contributed by atoms with Crippen LogP contribution in [0, 0.1) is 0 Å². The Morgan fingerprint density at radius 3 is 2.12 bits per heavy atom. The topological polar surface area (TPSA) is 177 Å². The minimum absolute atomic E-state index is 0.00468. The molecule has 1 aliphatic rings. The first kappa shape index (κ1) is 41.0. The van der Waals surface area contributed by atoms with Gasteiger partial charge in [0.05, 0.1) is 18.3 Å². The molecule has 0 aliphatic carbocycles. The molecule has 13 nitrogen and oxygen atoms in total.